The highest BCUT2D eigenvalue weighted by Crippen LogP contribution is 2.29. The number of nitrogen functional groups attached to an aromatic ring is 1. The quantitative estimate of drug-likeness (QED) is 0.756. The van der Waals surface area contributed by atoms with Crippen molar-refractivity contribution in [2.24, 2.45) is 5.14 Å². The molecule has 114 valence electrons. The summed E-state index contributed by atoms with van der Waals surface area (Å²) in [7, 11) is -3.79. The molecule has 1 unspecified atom stereocenters. The van der Waals surface area contributed by atoms with Crippen LogP contribution in [0.3, 0.4) is 0 Å². The van der Waals surface area contributed by atoms with Crippen molar-refractivity contribution in [2.45, 2.75) is 51.0 Å². The summed E-state index contributed by atoms with van der Waals surface area (Å²) in [6.07, 6.45) is 2.98. The smallest absolute Gasteiger partial charge is 0.240 e. The molecule has 0 radical (unpaired) electrons. The van der Waals surface area contributed by atoms with Crippen LogP contribution < -0.4 is 15.8 Å². The molecule has 4 N–H and O–H groups in total. The van der Waals surface area contributed by atoms with Gasteiger partial charge in [0.1, 0.15) is 4.90 Å². The van der Waals surface area contributed by atoms with Gasteiger partial charge in [0.05, 0.1) is 5.69 Å². The monoisotopic (exact) mass is 299 g/mol. The van der Waals surface area contributed by atoms with Gasteiger partial charge >= 0.3 is 0 Å². The van der Waals surface area contributed by atoms with Crippen LogP contribution in [0.1, 0.15) is 40.0 Å². The van der Waals surface area contributed by atoms with E-state index in [4.69, 9.17) is 10.9 Å². The molecule has 1 atom stereocenters. The maximum absolute atomic E-state index is 11.8. The second-order valence-electron chi connectivity index (χ2n) is 5.08. The van der Waals surface area contributed by atoms with Crippen molar-refractivity contribution in [1.29, 1.82) is 0 Å². The average molecular weight is 299 g/mol. The van der Waals surface area contributed by atoms with Crippen LogP contribution in [0, 0.1) is 0 Å². The minimum atomic E-state index is -3.79. The second kappa shape index (κ2) is 6.95. The molecule has 0 aromatic heterocycles. The molecule has 0 aliphatic rings. The lowest BCUT2D eigenvalue weighted by Crippen LogP contribution is -2.35. The first kappa shape index (κ1) is 16.8. The SMILES string of the molecule is CCCCN(c1ccc(N)cc1S(N)(=O)=O)C(C)CC. The van der Waals surface area contributed by atoms with Crippen molar-refractivity contribution in [3.8, 4) is 0 Å². The van der Waals surface area contributed by atoms with Crippen LogP contribution in [0.25, 0.3) is 0 Å². The summed E-state index contributed by atoms with van der Waals surface area (Å²) in [6.45, 7) is 7.08. The Balaban J connectivity index is 3.32. The summed E-state index contributed by atoms with van der Waals surface area (Å²) in [5.74, 6) is 0. The van der Waals surface area contributed by atoms with E-state index in [1.165, 1.54) is 6.07 Å². The normalized spacial score (nSPS) is 13.2. The van der Waals surface area contributed by atoms with Crippen molar-refractivity contribution in [2.75, 3.05) is 17.2 Å². The molecule has 6 heteroatoms. The first-order valence-electron chi connectivity index (χ1n) is 7.00. The number of benzene rings is 1. The largest absolute Gasteiger partial charge is 0.399 e. The molecule has 0 aliphatic heterocycles. The molecular weight excluding hydrogens is 274 g/mol. The maximum atomic E-state index is 11.8. The van der Waals surface area contributed by atoms with Crippen molar-refractivity contribution in [3.63, 3.8) is 0 Å². The molecule has 1 aromatic carbocycles. The predicted octanol–water partition coefficient (Wildman–Crippen LogP) is 2.32. The molecular formula is C14H25N3O2S. The summed E-state index contributed by atoms with van der Waals surface area (Å²) in [4.78, 5) is 2.21. The summed E-state index contributed by atoms with van der Waals surface area (Å²) >= 11 is 0. The zero-order valence-electron chi connectivity index (χ0n) is 12.5. The van der Waals surface area contributed by atoms with Crippen LogP contribution in [0.2, 0.25) is 0 Å². The van der Waals surface area contributed by atoms with Crippen LogP contribution in [0.15, 0.2) is 23.1 Å². The van der Waals surface area contributed by atoms with E-state index in [9.17, 15) is 8.42 Å². The highest BCUT2D eigenvalue weighted by atomic mass is 32.2. The van der Waals surface area contributed by atoms with E-state index in [0.29, 0.717) is 11.4 Å². The van der Waals surface area contributed by atoms with E-state index in [1.807, 2.05) is 0 Å². The third-order valence-corrected chi connectivity index (χ3v) is 4.42. The molecule has 0 amide bonds. The molecule has 0 fully saturated rings. The summed E-state index contributed by atoms with van der Waals surface area (Å²) in [5, 5.41) is 5.32. The number of unbranched alkanes of at least 4 members (excludes halogenated alkanes) is 1. The fourth-order valence-electron chi connectivity index (χ4n) is 2.12. The van der Waals surface area contributed by atoms with Crippen molar-refractivity contribution in [3.05, 3.63) is 18.2 Å². The number of hydrogen-bond donors (Lipinski definition) is 2. The average Bonchev–Trinajstić information content (AvgIpc) is 2.38. The Morgan fingerprint density at radius 1 is 1.30 bits per heavy atom. The van der Waals surface area contributed by atoms with Gasteiger partial charge in [0.25, 0.3) is 0 Å². The van der Waals surface area contributed by atoms with E-state index >= 15 is 0 Å². The van der Waals surface area contributed by atoms with Gasteiger partial charge in [-0.1, -0.05) is 20.3 Å². The van der Waals surface area contributed by atoms with Crippen molar-refractivity contribution >= 4 is 21.4 Å². The molecule has 0 saturated heterocycles. The molecule has 0 aliphatic carbocycles. The maximum Gasteiger partial charge on any atom is 0.240 e. The van der Waals surface area contributed by atoms with Crippen LogP contribution in [0.5, 0.6) is 0 Å². The third kappa shape index (κ3) is 4.11. The number of rotatable bonds is 7. The highest BCUT2D eigenvalue weighted by molar-refractivity contribution is 7.89. The Labute approximate surface area is 122 Å². The molecule has 0 saturated carbocycles. The van der Waals surface area contributed by atoms with Gasteiger partial charge in [-0.2, -0.15) is 0 Å². The minimum Gasteiger partial charge on any atom is -0.399 e. The zero-order valence-corrected chi connectivity index (χ0v) is 13.3. The van der Waals surface area contributed by atoms with Crippen LogP contribution in [-0.2, 0) is 10.0 Å². The van der Waals surface area contributed by atoms with E-state index < -0.39 is 10.0 Å². The Morgan fingerprint density at radius 3 is 2.45 bits per heavy atom. The van der Waals surface area contributed by atoms with Crippen LogP contribution in [0.4, 0.5) is 11.4 Å². The summed E-state index contributed by atoms with van der Waals surface area (Å²) < 4.78 is 23.6. The number of sulfonamides is 1. The lowest BCUT2D eigenvalue weighted by Gasteiger charge is -2.32. The Hall–Kier alpha value is -1.27. The standard InChI is InChI=1S/C14H25N3O2S/c1-4-6-9-17(11(3)5-2)13-8-7-12(15)10-14(13)20(16,18)19/h7-8,10-11H,4-6,9,15H2,1-3H3,(H2,16,18,19). The van der Waals surface area contributed by atoms with Crippen molar-refractivity contribution in [1.82, 2.24) is 0 Å². The van der Waals surface area contributed by atoms with E-state index in [-0.39, 0.29) is 10.9 Å². The van der Waals surface area contributed by atoms with Gasteiger partial charge < -0.3 is 10.6 Å². The number of nitrogens with zero attached hydrogens (tertiary/aromatic N) is 1. The number of anilines is 2. The van der Waals surface area contributed by atoms with Gasteiger partial charge in [-0.25, -0.2) is 13.6 Å². The molecule has 1 rings (SSSR count). The van der Waals surface area contributed by atoms with E-state index in [1.54, 1.807) is 12.1 Å². The number of nitrogens with two attached hydrogens (primary N) is 2. The second-order valence-corrected chi connectivity index (χ2v) is 6.61. The lowest BCUT2D eigenvalue weighted by atomic mass is 10.1. The highest BCUT2D eigenvalue weighted by Gasteiger charge is 2.21. The van der Waals surface area contributed by atoms with Crippen LogP contribution in [-0.4, -0.2) is 21.0 Å². The van der Waals surface area contributed by atoms with Crippen molar-refractivity contribution < 1.29 is 8.42 Å². The fourth-order valence-corrected chi connectivity index (χ4v) is 2.90. The molecule has 20 heavy (non-hydrogen) atoms. The van der Waals surface area contributed by atoms with Crippen LogP contribution >= 0.6 is 0 Å². The first-order chi connectivity index (χ1) is 9.31. The summed E-state index contributed by atoms with van der Waals surface area (Å²) in [6, 6.07) is 5.14. The molecule has 0 spiro atoms. The fraction of sp³-hybridized carbons (Fsp3) is 0.571. The van der Waals surface area contributed by atoms with E-state index in [2.05, 4.69) is 25.7 Å². The molecule has 0 bridgehead atoms. The Bertz CT molecular complexity index is 543. The van der Waals surface area contributed by atoms with Gasteiger partial charge in [-0.05, 0) is 38.0 Å². The third-order valence-electron chi connectivity index (χ3n) is 3.48. The summed E-state index contributed by atoms with van der Waals surface area (Å²) in [5.41, 5.74) is 6.74. The van der Waals surface area contributed by atoms with Gasteiger partial charge in [0.15, 0.2) is 0 Å². The van der Waals surface area contributed by atoms with Gasteiger partial charge in [-0.15, -0.1) is 0 Å². The first-order valence-corrected chi connectivity index (χ1v) is 8.54. The topological polar surface area (TPSA) is 89.4 Å². The Kier molecular flexibility index (Phi) is 5.83. The molecule has 5 nitrogen and oxygen atoms in total. The van der Waals surface area contributed by atoms with Gasteiger partial charge in [0.2, 0.25) is 10.0 Å². The minimum absolute atomic E-state index is 0.105. The zero-order chi connectivity index (χ0) is 15.3. The van der Waals surface area contributed by atoms with Gasteiger partial charge in [-0.3, -0.25) is 0 Å². The lowest BCUT2D eigenvalue weighted by molar-refractivity contribution is 0.582. The number of hydrogen-bond acceptors (Lipinski definition) is 4. The number of primary sulfonamides is 1. The van der Waals surface area contributed by atoms with E-state index in [0.717, 1.165) is 25.8 Å². The predicted molar refractivity (Wildman–Crippen MR) is 84.2 cm³/mol. The molecule has 1 aromatic rings. The Morgan fingerprint density at radius 2 is 1.95 bits per heavy atom. The van der Waals surface area contributed by atoms with Gasteiger partial charge in [0, 0.05) is 18.3 Å². The molecule has 0 heterocycles.